The lowest BCUT2D eigenvalue weighted by atomic mass is 10.3. The number of anilines is 1. The Morgan fingerprint density at radius 1 is 1.14 bits per heavy atom. The van der Waals surface area contributed by atoms with Crippen LogP contribution >= 0.6 is 22.6 Å². The first-order valence-electron chi connectivity index (χ1n) is 7.05. The van der Waals surface area contributed by atoms with E-state index in [4.69, 9.17) is 4.74 Å². The fraction of sp³-hybridized carbons (Fsp3) is 0.235. The van der Waals surface area contributed by atoms with E-state index in [0.29, 0.717) is 19.7 Å². The van der Waals surface area contributed by atoms with Crippen molar-refractivity contribution in [1.82, 2.24) is 4.90 Å². The molecule has 2 aromatic rings. The fourth-order valence-electron chi connectivity index (χ4n) is 1.89. The second kappa shape index (κ2) is 8.75. The molecule has 0 atom stereocenters. The lowest BCUT2D eigenvalue weighted by molar-refractivity contribution is -0.117. The highest BCUT2D eigenvalue weighted by atomic mass is 127. The molecule has 0 unspecified atom stereocenters. The van der Waals surface area contributed by atoms with Crippen molar-refractivity contribution in [1.29, 1.82) is 0 Å². The molecule has 2 rings (SSSR count). The number of carbonyl (C=O) groups excluding carboxylic acids is 1. The molecule has 0 spiro atoms. The number of ether oxygens (including phenoxy) is 1. The maximum Gasteiger partial charge on any atom is 0.238 e. The van der Waals surface area contributed by atoms with Gasteiger partial charge < -0.3 is 10.1 Å². The Balaban J connectivity index is 1.68. The summed E-state index contributed by atoms with van der Waals surface area (Å²) in [5.41, 5.74) is 0.819. The molecule has 0 fully saturated rings. The summed E-state index contributed by atoms with van der Waals surface area (Å²) in [7, 11) is 1.90. The van der Waals surface area contributed by atoms with E-state index >= 15 is 0 Å². The summed E-state index contributed by atoms with van der Waals surface area (Å²) in [6, 6.07) is 17.4. The molecule has 0 aromatic heterocycles. The highest BCUT2D eigenvalue weighted by Gasteiger charge is 2.07. The molecule has 5 heteroatoms. The average Bonchev–Trinajstić information content (AvgIpc) is 2.50. The molecule has 0 saturated carbocycles. The topological polar surface area (TPSA) is 41.6 Å². The van der Waals surface area contributed by atoms with Crippen molar-refractivity contribution in [2.75, 3.05) is 32.1 Å². The number of benzene rings is 2. The van der Waals surface area contributed by atoms with Gasteiger partial charge >= 0.3 is 0 Å². The van der Waals surface area contributed by atoms with Gasteiger partial charge in [-0.2, -0.15) is 0 Å². The zero-order valence-electron chi connectivity index (χ0n) is 12.5. The quantitative estimate of drug-likeness (QED) is 0.713. The monoisotopic (exact) mass is 410 g/mol. The van der Waals surface area contributed by atoms with Crippen LogP contribution in [0, 0.1) is 3.57 Å². The first kappa shape index (κ1) is 16.8. The van der Waals surface area contributed by atoms with E-state index < -0.39 is 0 Å². The van der Waals surface area contributed by atoms with Gasteiger partial charge in [0.25, 0.3) is 0 Å². The molecule has 0 radical (unpaired) electrons. The molecule has 22 heavy (non-hydrogen) atoms. The Morgan fingerprint density at radius 2 is 1.82 bits per heavy atom. The van der Waals surface area contributed by atoms with Gasteiger partial charge in [-0.3, -0.25) is 9.69 Å². The molecule has 116 valence electrons. The zero-order valence-corrected chi connectivity index (χ0v) is 14.6. The minimum Gasteiger partial charge on any atom is -0.492 e. The molecular weight excluding hydrogens is 391 g/mol. The van der Waals surface area contributed by atoms with Crippen LogP contribution in [0.5, 0.6) is 5.75 Å². The van der Waals surface area contributed by atoms with Crippen LogP contribution in [0.3, 0.4) is 0 Å². The van der Waals surface area contributed by atoms with Crippen molar-refractivity contribution >= 4 is 34.2 Å². The van der Waals surface area contributed by atoms with Crippen LogP contribution in [0.1, 0.15) is 0 Å². The molecule has 1 N–H and O–H groups in total. The second-order valence-electron chi connectivity index (χ2n) is 4.95. The van der Waals surface area contributed by atoms with Crippen LogP contribution in [0.25, 0.3) is 0 Å². The maximum atomic E-state index is 11.9. The summed E-state index contributed by atoms with van der Waals surface area (Å²) in [5, 5.41) is 2.88. The van der Waals surface area contributed by atoms with E-state index in [0.717, 1.165) is 15.0 Å². The van der Waals surface area contributed by atoms with Crippen molar-refractivity contribution in [3.8, 4) is 5.75 Å². The van der Waals surface area contributed by atoms with Crippen molar-refractivity contribution in [3.63, 3.8) is 0 Å². The molecular formula is C17H19IN2O2. The van der Waals surface area contributed by atoms with Gasteiger partial charge in [-0.15, -0.1) is 0 Å². The highest BCUT2D eigenvalue weighted by Crippen LogP contribution is 2.11. The Labute approximate surface area is 144 Å². The summed E-state index contributed by atoms with van der Waals surface area (Å²) < 4.78 is 6.76. The number of amides is 1. The first-order valence-corrected chi connectivity index (χ1v) is 8.13. The van der Waals surface area contributed by atoms with Gasteiger partial charge in [-0.1, -0.05) is 18.2 Å². The van der Waals surface area contributed by atoms with E-state index in [9.17, 15) is 4.79 Å². The number of nitrogens with one attached hydrogen (secondary N) is 1. The largest absolute Gasteiger partial charge is 0.492 e. The number of nitrogens with zero attached hydrogens (tertiary/aromatic N) is 1. The summed E-state index contributed by atoms with van der Waals surface area (Å²) in [6.45, 7) is 1.58. The minimum absolute atomic E-state index is 0.0246. The van der Waals surface area contributed by atoms with Crippen LogP contribution in [-0.4, -0.2) is 37.6 Å². The molecule has 0 bridgehead atoms. The Kier molecular flexibility index (Phi) is 6.67. The van der Waals surface area contributed by atoms with Crippen molar-refractivity contribution in [2.24, 2.45) is 0 Å². The molecule has 0 aliphatic rings. The molecule has 0 heterocycles. The van der Waals surface area contributed by atoms with Crippen molar-refractivity contribution < 1.29 is 9.53 Å². The Bertz CT molecular complexity index is 587. The van der Waals surface area contributed by atoms with E-state index in [1.807, 2.05) is 66.5 Å². The lowest BCUT2D eigenvalue weighted by Crippen LogP contribution is -2.33. The normalized spacial score (nSPS) is 10.5. The highest BCUT2D eigenvalue weighted by molar-refractivity contribution is 14.1. The molecule has 1 amide bonds. The van der Waals surface area contributed by atoms with Crippen molar-refractivity contribution in [3.05, 3.63) is 58.2 Å². The van der Waals surface area contributed by atoms with Crippen LogP contribution < -0.4 is 10.1 Å². The summed E-state index contributed by atoms with van der Waals surface area (Å²) in [6.07, 6.45) is 0. The van der Waals surface area contributed by atoms with Gasteiger partial charge in [0.1, 0.15) is 12.4 Å². The smallest absolute Gasteiger partial charge is 0.238 e. The van der Waals surface area contributed by atoms with Crippen LogP contribution in [0.2, 0.25) is 0 Å². The fourth-order valence-corrected chi connectivity index (χ4v) is 2.25. The molecule has 0 aliphatic heterocycles. The van der Waals surface area contributed by atoms with Crippen molar-refractivity contribution in [2.45, 2.75) is 0 Å². The average molecular weight is 410 g/mol. The number of para-hydroxylation sites is 1. The number of likely N-dealkylation sites (N-methyl/N-ethyl adjacent to an activating group) is 1. The number of hydrogen-bond donors (Lipinski definition) is 1. The molecule has 2 aromatic carbocycles. The van der Waals surface area contributed by atoms with Gasteiger partial charge in [0, 0.05) is 15.8 Å². The predicted molar refractivity (Wildman–Crippen MR) is 97.2 cm³/mol. The number of carbonyl (C=O) groups is 1. The SMILES string of the molecule is CN(CCOc1ccccc1)CC(=O)Nc1ccc(I)cc1. The third-order valence-corrected chi connectivity index (χ3v) is 3.75. The van der Waals surface area contributed by atoms with Gasteiger partial charge in [0.2, 0.25) is 5.91 Å². The molecule has 4 nitrogen and oxygen atoms in total. The maximum absolute atomic E-state index is 11.9. The third kappa shape index (κ3) is 6.03. The lowest BCUT2D eigenvalue weighted by Gasteiger charge is -2.16. The van der Waals surface area contributed by atoms with Crippen LogP contribution in [0.15, 0.2) is 54.6 Å². The predicted octanol–water partition coefficient (Wildman–Crippen LogP) is 3.24. The van der Waals surface area contributed by atoms with E-state index in [-0.39, 0.29) is 5.91 Å². The van der Waals surface area contributed by atoms with E-state index in [1.165, 1.54) is 0 Å². The number of rotatable bonds is 7. The number of halogens is 1. The third-order valence-electron chi connectivity index (χ3n) is 3.03. The summed E-state index contributed by atoms with van der Waals surface area (Å²) in [5.74, 6) is 0.822. The van der Waals surface area contributed by atoms with Gasteiger partial charge in [-0.25, -0.2) is 0 Å². The first-order chi connectivity index (χ1) is 10.6. The van der Waals surface area contributed by atoms with Crippen LogP contribution in [-0.2, 0) is 4.79 Å². The minimum atomic E-state index is -0.0246. The summed E-state index contributed by atoms with van der Waals surface area (Å²) >= 11 is 2.24. The Morgan fingerprint density at radius 3 is 2.50 bits per heavy atom. The van der Waals surface area contributed by atoms with Gasteiger partial charge in [0.15, 0.2) is 0 Å². The van der Waals surface area contributed by atoms with E-state index in [1.54, 1.807) is 0 Å². The van der Waals surface area contributed by atoms with Crippen LogP contribution in [0.4, 0.5) is 5.69 Å². The standard InChI is InChI=1S/C17H19IN2O2/c1-20(11-12-22-16-5-3-2-4-6-16)13-17(21)19-15-9-7-14(18)8-10-15/h2-10H,11-13H2,1H3,(H,19,21). The van der Waals surface area contributed by atoms with E-state index in [2.05, 4.69) is 27.9 Å². The Hall–Kier alpha value is -1.60. The second-order valence-corrected chi connectivity index (χ2v) is 6.20. The molecule has 0 aliphatic carbocycles. The van der Waals surface area contributed by atoms with Gasteiger partial charge in [-0.05, 0) is 66.0 Å². The summed E-state index contributed by atoms with van der Waals surface area (Å²) in [4.78, 5) is 13.9. The zero-order chi connectivity index (χ0) is 15.8. The number of hydrogen-bond acceptors (Lipinski definition) is 3. The molecule has 0 saturated heterocycles. The van der Waals surface area contributed by atoms with Gasteiger partial charge in [0.05, 0.1) is 6.54 Å².